The number of alkyl halides is 3. The number of nitrogens with zero attached hydrogens (tertiary/aromatic N) is 3. The number of hydrogen-bond donors (Lipinski definition) is 5. The number of rotatable bonds is 8. The zero-order valence-electron chi connectivity index (χ0n) is 20.9. The molecule has 1 aliphatic rings. The Kier molecular flexibility index (Phi) is 8.43. The van der Waals surface area contributed by atoms with E-state index in [-0.39, 0.29) is 16.7 Å². The molecule has 4 rings (SSSR count). The summed E-state index contributed by atoms with van der Waals surface area (Å²) < 4.78 is 52.1. The lowest BCUT2D eigenvalue weighted by atomic mass is 9.99. The number of aliphatic hydroxyl groups excluding tert-OH is 3. The number of aliphatic carboxylic acids is 1. The van der Waals surface area contributed by atoms with Gasteiger partial charge in [0.2, 0.25) is 12.2 Å². The maximum absolute atomic E-state index is 13.0. The Balaban J connectivity index is 1.46. The van der Waals surface area contributed by atoms with E-state index in [0.717, 1.165) is 16.8 Å². The molecule has 0 saturated carbocycles. The topological polar surface area (TPSA) is 203 Å². The van der Waals surface area contributed by atoms with Crippen molar-refractivity contribution in [3.63, 3.8) is 0 Å². The van der Waals surface area contributed by atoms with Gasteiger partial charge in [-0.15, -0.1) is 18.3 Å². The number of carbonyl (C=O) groups is 2. The van der Waals surface area contributed by atoms with Gasteiger partial charge in [0, 0.05) is 0 Å². The van der Waals surface area contributed by atoms with Gasteiger partial charge in [0.15, 0.2) is 6.10 Å². The molecule has 14 nitrogen and oxygen atoms in total. The molecule has 1 aromatic heterocycles. The van der Waals surface area contributed by atoms with Crippen LogP contribution in [0.2, 0.25) is 0 Å². The Morgan fingerprint density at radius 3 is 2.37 bits per heavy atom. The number of halogens is 3. The molecule has 41 heavy (non-hydrogen) atoms. The minimum atomic E-state index is -4.84. The number of carboxylic acids is 1. The first kappa shape index (κ1) is 29.7. The van der Waals surface area contributed by atoms with Crippen molar-refractivity contribution in [1.29, 1.82) is 0 Å². The van der Waals surface area contributed by atoms with Crippen molar-refractivity contribution in [2.24, 2.45) is 0 Å². The zero-order valence-corrected chi connectivity index (χ0v) is 20.9. The van der Waals surface area contributed by atoms with Crippen molar-refractivity contribution in [2.45, 2.75) is 56.6 Å². The molecule has 0 bridgehead atoms. The largest absolute Gasteiger partial charge is 0.573 e. The number of nitrogens with one attached hydrogen (secondary N) is 1. The van der Waals surface area contributed by atoms with Crippen LogP contribution in [0.5, 0.6) is 11.5 Å². The number of hydrogen-bond acceptors (Lipinski definition) is 11. The summed E-state index contributed by atoms with van der Waals surface area (Å²) in [5, 5.41) is 49.2. The molecule has 3 aromatic rings. The predicted octanol–water partition coefficient (Wildman–Crippen LogP) is -0.161. The molecule has 5 N–H and O–H groups in total. The van der Waals surface area contributed by atoms with Crippen molar-refractivity contribution in [3.05, 3.63) is 58.4 Å². The van der Waals surface area contributed by atoms with E-state index < -0.39 is 72.8 Å². The highest BCUT2D eigenvalue weighted by molar-refractivity contribution is 5.80. The summed E-state index contributed by atoms with van der Waals surface area (Å²) in [7, 11) is 0. The van der Waals surface area contributed by atoms with Gasteiger partial charge in [-0.2, -0.15) is 0 Å². The minimum absolute atomic E-state index is 0.0701. The number of benzene rings is 2. The SMILES string of the molecule is C[C@H](NC(=O)Cn1nnc2ccc(O[C@@H]3O[C@H](C(=O)O)[C@@H](O)[C@H](O)[C@H]3O)cc2c1=O)c1ccc(OC(F)(F)F)cc1. The Hall–Kier alpha value is -4.32. The average Bonchev–Trinajstić information content (AvgIpc) is 2.90. The Morgan fingerprint density at radius 2 is 1.73 bits per heavy atom. The normalized spacial score (nSPS) is 23.5. The summed E-state index contributed by atoms with van der Waals surface area (Å²) >= 11 is 0. The standard InChI is InChI=1S/C24H23F3N4O10/c1-10(11-2-4-12(5-3-11)41-24(25,26)27)28-16(32)9-31-21(36)14-8-13(6-7-15(14)29-30-31)39-23-19(35)17(33)18(34)20(40-23)22(37)38/h2-8,10,17-20,23,33-35H,9H2,1H3,(H,28,32)(H,37,38)/t10-,17-,18-,19+,20-,23+/m0/s1. The van der Waals surface area contributed by atoms with Gasteiger partial charge in [-0.1, -0.05) is 17.3 Å². The van der Waals surface area contributed by atoms with E-state index in [0.29, 0.717) is 5.56 Å². The van der Waals surface area contributed by atoms with Crippen LogP contribution >= 0.6 is 0 Å². The molecule has 2 aromatic carbocycles. The summed E-state index contributed by atoms with van der Waals surface area (Å²) in [5.74, 6) is -2.79. The van der Waals surface area contributed by atoms with Gasteiger partial charge in [0.25, 0.3) is 5.56 Å². The number of aromatic nitrogens is 3. The molecule has 0 spiro atoms. The van der Waals surface area contributed by atoms with Gasteiger partial charge in [0.1, 0.15) is 41.9 Å². The van der Waals surface area contributed by atoms with E-state index in [1.54, 1.807) is 6.92 Å². The van der Waals surface area contributed by atoms with Crippen molar-refractivity contribution < 1.29 is 57.4 Å². The zero-order chi connectivity index (χ0) is 30.1. The maximum atomic E-state index is 13.0. The second-order valence-electron chi connectivity index (χ2n) is 8.99. The lowest BCUT2D eigenvalue weighted by molar-refractivity contribution is -0.274. The van der Waals surface area contributed by atoms with Gasteiger partial charge in [0.05, 0.1) is 11.4 Å². The third-order valence-electron chi connectivity index (χ3n) is 6.04. The van der Waals surface area contributed by atoms with Gasteiger partial charge >= 0.3 is 12.3 Å². The maximum Gasteiger partial charge on any atom is 0.573 e. The van der Waals surface area contributed by atoms with Gasteiger partial charge in [-0.25, -0.2) is 9.48 Å². The van der Waals surface area contributed by atoms with Crippen molar-refractivity contribution in [3.8, 4) is 11.5 Å². The quantitative estimate of drug-likeness (QED) is 0.234. The van der Waals surface area contributed by atoms with Crippen molar-refractivity contribution in [2.75, 3.05) is 0 Å². The summed E-state index contributed by atoms with van der Waals surface area (Å²) in [6.07, 6.45) is -14.1. The first-order valence-corrected chi connectivity index (χ1v) is 11.9. The van der Waals surface area contributed by atoms with Gasteiger partial charge < -0.3 is 40.0 Å². The molecular weight excluding hydrogens is 561 g/mol. The van der Waals surface area contributed by atoms with Gasteiger partial charge in [-0.3, -0.25) is 9.59 Å². The van der Waals surface area contributed by atoms with E-state index in [4.69, 9.17) is 9.47 Å². The van der Waals surface area contributed by atoms with E-state index in [1.807, 2.05) is 0 Å². The molecule has 1 saturated heterocycles. The van der Waals surface area contributed by atoms with Crippen molar-refractivity contribution >= 4 is 22.8 Å². The summed E-state index contributed by atoms with van der Waals surface area (Å²) in [6.45, 7) is 1.00. The molecule has 0 radical (unpaired) electrons. The third-order valence-corrected chi connectivity index (χ3v) is 6.04. The Bertz CT molecular complexity index is 1480. The fourth-order valence-electron chi connectivity index (χ4n) is 3.98. The molecule has 1 fully saturated rings. The van der Waals surface area contributed by atoms with Crippen LogP contribution in [0, 0.1) is 0 Å². The molecule has 17 heteroatoms. The Morgan fingerprint density at radius 1 is 1.07 bits per heavy atom. The van der Waals surface area contributed by atoms with E-state index in [9.17, 15) is 48.0 Å². The second kappa shape index (κ2) is 11.7. The fraction of sp³-hybridized carbons (Fsp3) is 0.375. The monoisotopic (exact) mass is 584 g/mol. The molecule has 220 valence electrons. The van der Waals surface area contributed by atoms with Crippen LogP contribution in [0.3, 0.4) is 0 Å². The lowest BCUT2D eigenvalue weighted by Gasteiger charge is -2.38. The van der Waals surface area contributed by atoms with Crippen LogP contribution in [-0.2, 0) is 20.9 Å². The van der Waals surface area contributed by atoms with Crippen LogP contribution in [0.1, 0.15) is 18.5 Å². The van der Waals surface area contributed by atoms with Crippen LogP contribution in [-0.4, -0.2) is 84.4 Å². The third kappa shape index (κ3) is 6.88. The molecular formula is C24H23F3N4O10. The molecule has 0 unspecified atom stereocenters. The van der Waals surface area contributed by atoms with E-state index in [1.165, 1.54) is 30.3 Å². The van der Waals surface area contributed by atoms with E-state index in [2.05, 4.69) is 20.4 Å². The Labute approximate surface area is 227 Å². The highest BCUT2D eigenvalue weighted by Gasteiger charge is 2.48. The van der Waals surface area contributed by atoms with E-state index >= 15 is 0 Å². The minimum Gasteiger partial charge on any atom is -0.479 e. The lowest BCUT2D eigenvalue weighted by Crippen LogP contribution is -2.61. The first-order valence-electron chi connectivity index (χ1n) is 11.9. The van der Waals surface area contributed by atoms with Crippen LogP contribution in [0.15, 0.2) is 47.3 Å². The number of carbonyl (C=O) groups excluding carboxylic acids is 1. The summed E-state index contributed by atoms with van der Waals surface area (Å²) in [6, 6.07) is 8.01. The van der Waals surface area contributed by atoms with Crippen molar-refractivity contribution in [1.82, 2.24) is 20.3 Å². The van der Waals surface area contributed by atoms with Crippen LogP contribution in [0.4, 0.5) is 13.2 Å². The summed E-state index contributed by atoms with van der Waals surface area (Å²) in [5.41, 5.74) is -0.195. The highest BCUT2D eigenvalue weighted by Crippen LogP contribution is 2.26. The van der Waals surface area contributed by atoms with Crippen LogP contribution in [0.25, 0.3) is 10.9 Å². The molecule has 2 heterocycles. The molecule has 0 aliphatic carbocycles. The predicted molar refractivity (Wildman–Crippen MR) is 128 cm³/mol. The first-order chi connectivity index (χ1) is 19.2. The smallest absolute Gasteiger partial charge is 0.479 e. The number of aliphatic hydroxyl groups is 3. The molecule has 1 aliphatic heterocycles. The van der Waals surface area contributed by atoms with Crippen LogP contribution < -0.4 is 20.3 Å². The fourth-order valence-corrected chi connectivity index (χ4v) is 3.98. The number of fused-ring (bicyclic) bond motifs is 1. The molecule has 1 amide bonds. The second-order valence-corrected chi connectivity index (χ2v) is 8.99. The molecule has 6 atom stereocenters. The van der Waals surface area contributed by atoms with Gasteiger partial charge in [-0.05, 0) is 42.8 Å². The highest BCUT2D eigenvalue weighted by atomic mass is 19.4. The average molecular weight is 584 g/mol. The number of amides is 1. The summed E-state index contributed by atoms with van der Waals surface area (Å²) in [4.78, 5) is 36.9. The number of carboxylic acid groups (broad SMARTS) is 1. The number of ether oxygens (including phenoxy) is 3.